The van der Waals surface area contributed by atoms with Crippen LogP contribution in [0, 0.1) is 5.41 Å². The van der Waals surface area contributed by atoms with Crippen molar-refractivity contribution in [3.05, 3.63) is 0 Å². The van der Waals surface area contributed by atoms with Crippen molar-refractivity contribution in [2.45, 2.75) is 33.3 Å². The highest BCUT2D eigenvalue weighted by Gasteiger charge is 2.26. The summed E-state index contributed by atoms with van der Waals surface area (Å²) in [4.78, 5) is 15.8. The Hall–Kier alpha value is -0.570. The number of hydrogen-bond acceptors (Lipinski definition) is 3. The molecule has 0 spiro atoms. The van der Waals surface area contributed by atoms with Crippen LogP contribution in [0.25, 0.3) is 0 Å². The molecule has 0 aromatic carbocycles. The molecule has 0 unspecified atom stereocenters. The van der Waals surface area contributed by atoms with Gasteiger partial charge in [0.15, 0.2) is 5.96 Å². The van der Waals surface area contributed by atoms with Gasteiger partial charge in [-0.3, -0.25) is 9.79 Å². The molecule has 6 nitrogen and oxygen atoms in total. The maximum absolute atomic E-state index is 11.7. The molecule has 0 aliphatic carbocycles. The van der Waals surface area contributed by atoms with Gasteiger partial charge in [-0.15, -0.1) is 24.0 Å². The summed E-state index contributed by atoms with van der Waals surface area (Å²) in [7, 11) is 5.01. The molecule has 0 aromatic rings. The average molecular weight is 400 g/mol. The molecular formula is C13H29IN4O2. The Morgan fingerprint density at radius 3 is 2.05 bits per heavy atom. The van der Waals surface area contributed by atoms with Crippen LogP contribution >= 0.6 is 24.0 Å². The summed E-state index contributed by atoms with van der Waals surface area (Å²) >= 11 is 0. The van der Waals surface area contributed by atoms with Gasteiger partial charge < -0.3 is 20.7 Å². The summed E-state index contributed by atoms with van der Waals surface area (Å²) in [6.45, 7) is 8.86. The molecule has 120 valence electrons. The number of rotatable bonds is 6. The third-order valence-electron chi connectivity index (χ3n) is 3.00. The maximum Gasteiger partial charge on any atom is 0.227 e. The lowest BCUT2D eigenvalue weighted by Gasteiger charge is -2.27. The zero-order valence-electron chi connectivity index (χ0n) is 13.6. The van der Waals surface area contributed by atoms with Crippen molar-refractivity contribution >= 4 is 35.8 Å². The van der Waals surface area contributed by atoms with E-state index in [0.717, 1.165) is 0 Å². The summed E-state index contributed by atoms with van der Waals surface area (Å²) in [6.07, 6.45) is 0. The third-order valence-corrected chi connectivity index (χ3v) is 3.00. The first-order valence-electron chi connectivity index (χ1n) is 6.40. The van der Waals surface area contributed by atoms with Gasteiger partial charge in [-0.1, -0.05) is 0 Å². The zero-order valence-corrected chi connectivity index (χ0v) is 15.9. The molecule has 0 saturated heterocycles. The highest BCUT2D eigenvalue weighted by Crippen LogP contribution is 2.13. The van der Waals surface area contributed by atoms with Crippen LogP contribution in [0.1, 0.15) is 27.7 Å². The number of amides is 1. The first-order valence-corrected chi connectivity index (χ1v) is 6.40. The number of nitrogens with zero attached hydrogens (tertiary/aromatic N) is 1. The van der Waals surface area contributed by atoms with Gasteiger partial charge in [0.2, 0.25) is 5.91 Å². The summed E-state index contributed by atoms with van der Waals surface area (Å²) in [5, 5.41) is 8.97. The number of methoxy groups -OCH3 is 1. The molecule has 0 aliphatic rings. The lowest BCUT2D eigenvalue weighted by Crippen LogP contribution is -2.49. The molecule has 0 bridgehead atoms. The summed E-state index contributed by atoms with van der Waals surface area (Å²) in [5.41, 5.74) is -0.767. The average Bonchev–Trinajstić information content (AvgIpc) is 2.37. The highest BCUT2D eigenvalue weighted by atomic mass is 127. The molecule has 7 heteroatoms. The number of carbonyl (C=O) groups is 1. The first-order chi connectivity index (χ1) is 8.68. The Kier molecular flexibility index (Phi) is 10.2. The highest BCUT2D eigenvalue weighted by molar-refractivity contribution is 14.0. The Balaban J connectivity index is 0. The second-order valence-corrected chi connectivity index (χ2v) is 5.71. The molecule has 1 amide bonds. The predicted molar refractivity (Wildman–Crippen MR) is 93.7 cm³/mol. The largest absolute Gasteiger partial charge is 0.377 e. The van der Waals surface area contributed by atoms with Gasteiger partial charge >= 0.3 is 0 Å². The van der Waals surface area contributed by atoms with Crippen LogP contribution in [0.3, 0.4) is 0 Å². The van der Waals surface area contributed by atoms with E-state index in [1.807, 2.05) is 27.7 Å². The van der Waals surface area contributed by atoms with E-state index in [9.17, 15) is 4.79 Å². The lowest BCUT2D eigenvalue weighted by atomic mass is 9.92. The molecule has 0 atom stereocenters. The van der Waals surface area contributed by atoms with Gasteiger partial charge in [-0.25, -0.2) is 0 Å². The monoisotopic (exact) mass is 400 g/mol. The fourth-order valence-electron chi connectivity index (χ4n) is 1.31. The van der Waals surface area contributed by atoms with Crippen molar-refractivity contribution in [2.24, 2.45) is 10.4 Å². The smallest absolute Gasteiger partial charge is 0.227 e. The van der Waals surface area contributed by atoms with Crippen LogP contribution < -0.4 is 16.0 Å². The van der Waals surface area contributed by atoms with Crippen molar-refractivity contribution in [3.63, 3.8) is 0 Å². The van der Waals surface area contributed by atoms with Crippen LogP contribution in [0.5, 0.6) is 0 Å². The molecular weight excluding hydrogens is 371 g/mol. The number of halogens is 1. The minimum Gasteiger partial charge on any atom is -0.377 e. The Morgan fingerprint density at radius 1 is 1.15 bits per heavy atom. The van der Waals surface area contributed by atoms with Gasteiger partial charge in [0.25, 0.3) is 0 Å². The maximum atomic E-state index is 11.7. The van der Waals surface area contributed by atoms with E-state index in [-0.39, 0.29) is 35.5 Å². The number of hydrogen-bond donors (Lipinski definition) is 3. The zero-order chi connectivity index (χ0) is 15.1. The van der Waals surface area contributed by atoms with Crippen molar-refractivity contribution in [2.75, 3.05) is 34.3 Å². The Bertz CT molecular complexity index is 330. The Morgan fingerprint density at radius 2 is 1.65 bits per heavy atom. The molecule has 0 saturated carbocycles. The van der Waals surface area contributed by atoms with E-state index in [1.165, 1.54) is 0 Å². The second-order valence-electron chi connectivity index (χ2n) is 5.71. The molecule has 0 aliphatic heterocycles. The molecule has 0 radical (unpaired) electrons. The minimum atomic E-state index is -0.497. The van der Waals surface area contributed by atoms with E-state index >= 15 is 0 Å². The standard InChI is InChI=1S/C13H28N4O2.HI/c1-12(2,10(18)14-5)8-16-11(15-6)17-9-13(3,4)19-7;/h8-9H2,1-7H3,(H,14,18)(H2,15,16,17);1H. The lowest BCUT2D eigenvalue weighted by molar-refractivity contribution is -0.128. The van der Waals surface area contributed by atoms with E-state index in [2.05, 4.69) is 20.9 Å². The van der Waals surface area contributed by atoms with Crippen LogP contribution in [0.4, 0.5) is 0 Å². The minimum absolute atomic E-state index is 0. The molecule has 3 N–H and O–H groups in total. The summed E-state index contributed by atoms with van der Waals surface area (Å²) < 4.78 is 5.32. The van der Waals surface area contributed by atoms with E-state index < -0.39 is 5.41 Å². The molecule has 20 heavy (non-hydrogen) atoms. The van der Waals surface area contributed by atoms with Crippen molar-refractivity contribution < 1.29 is 9.53 Å². The number of ether oxygens (including phenoxy) is 1. The predicted octanol–water partition coefficient (Wildman–Crippen LogP) is 0.967. The topological polar surface area (TPSA) is 74.8 Å². The van der Waals surface area contributed by atoms with E-state index in [4.69, 9.17) is 4.74 Å². The summed E-state index contributed by atoms with van der Waals surface area (Å²) in [6, 6.07) is 0. The van der Waals surface area contributed by atoms with Crippen molar-refractivity contribution in [1.82, 2.24) is 16.0 Å². The normalized spacial score (nSPS) is 12.4. The molecule has 0 heterocycles. The first kappa shape index (κ1) is 21.7. The fourth-order valence-corrected chi connectivity index (χ4v) is 1.31. The van der Waals surface area contributed by atoms with Gasteiger partial charge in [0, 0.05) is 34.3 Å². The van der Waals surface area contributed by atoms with Crippen LogP contribution in [0.2, 0.25) is 0 Å². The quantitative estimate of drug-likeness (QED) is 0.353. The van der Waals surface area contributed by atoms with Crippen LogP contribution in [0.15, 0.2) is 4.99 Å². The summed E-state index contributed by atoms with van der Waals surface area (Å²) in [5.74, 6) is 0.648. The van der Waals surface area contributed by atoms with Gasteiger partial charge in [0.05, 0.1) is 11.0 Å². The fraction of sp³-hybridized carbons (Fsp3) is 0.846. The van der Waals surface area contributed by atoms with Crippen LogP contribution in [-0.4, -0.2) is 51.8 Å². The van der Waals surface area contributed by atoms with Gasteiger partial charge in [0.1, 0.15) is 0 Å². The van der Waals surface area contributed by atoms with E-state index in [0.29, 0.717) is 19.0 Å². The van der Waals surface area contributed by atoms with Gasteiger partial charge in [-0.2, -0.15) is 0 Å². The Labute approximate surface area is 139 Å². The number of carbonyl (C=O) groups excluding carboxylic acids is 1. The number of aliphatic imine (C=N–C) groups is 1. The van der Waals surface area contributed by atoms with Gasteiger partial charge in [-0.05, 0) is 27.7 Å². The molecule has 0 rings (SSSR count). The van der Waals surface area contributed by atoms with Crippen LogP contribution in [-0.2, 0) is 9.53 Å². The molecule has 0 aromatic heterocycles. The molecule has 0 fully saturated rings. The third kappa shape index (κ3) is 7.88. The number of guanidine groups is 1. The van der Waals surface area contributed by atoms with E-state index in [1.54, 1.807) is 21.2 Å². The SMILES string of the molecule is CN=C(NCC(C)(C)OC)NCC(C)(C)C(=O)NC.I. The van der Waals surface area contributed by atoms with Crippen molar-refractivity contribution in [3.8, 4) is 0 Å². The second kappa shape index (κ2) is 9.38. The van der Waals surface area contributed by atoms with Crippen molar-refractivity contribution in [1.29, 1.82) is 0 Å². The number of nitrogens with one attached hydrogen (secondary N) is 3.